The number of nitrogens with two attached hydrogens (primary N) is 1. The van der Waals surface area contributed by atoms with Crippen LogP contribution in [-0.2, 0) is 6.42 Å². The Morgan fingerprint density at radius 1 is 1.50 bits per heavy atom. The summed E-state index contributed by atoms with van der Waals surface area (Å²) in [6.07, 6.45) is 4.77. The van der Waals surface area contributed by atoms with Crippen molar-refractivity contribution in [1.82, 2.24) is 5.16 Å². The van der Waals surface area contributed by atoms with Crippen LogP contribution in [0.2, 0.25) is 0 Å². The molecule has 0 aromatic carbocycles. The molecule has 1 aromatic rings. The summed E-state index contributed by atoms with van der Waals surface area (Å²) in [5.41, 5.74) is 6.96. The highest BCUT2D eigenvalue weighted by Crippen LogP contribution is 2.39. The van der Waals surface area contributed by atoms with Gasteiger partial charge in [-0.15, -0.1) is 0 Å². The number of anilines is 1. The smallest absolute Gasteiger partial charge is 0.170 e. The Labute approximate surface area is 84.7 Å². The Bertz CT molecular complexity index is 313. The van der Waals surface area contributed by atoms with E-state index in [9.17, 15) is 0 Å². The zero-order valence-electron chi connectivity index (χ0n) is 8.92. The van der Waals surface area contributed by atoms with Gasteiger partial charge in [0.25, 0.3) is 0 Å². The van der Waals surface area contributed by atoms with E-state index in [-0.39, 0.29) is 0 Å². The largest absolute Gasteiger partial charge is 0.381 e. The van der Waals surface area contributed by atoms with E-state index in [1.54, 1.807) is 0 Å². The SMILES string of the molecule is CC(C)Cc1c(N)noc1C1CCC1. The van der Waals surface area contributed by atoms with Gasteiger partial charge >= 0.3 is 0 Å². The van der Waals surface area contributed by atoms with E-state index in [0.29, 0.717) is 17.7 Å². The quantitative estimate of drug-likeness (QED) is 0.804. The predicted octanol–water partition coefficient (Wildman–Crippen LogP) is 2.72. The van der Waals surface area contributed by atoms with Gasteiger partial charge in [0.2, 0.25) is 0 Å². The molecule has 0 atom stereocenters. The van der Waals surface area contributed by atoms with Crippen LogP contribution in [0.4, 0.5) is 5.82 Å². The molecular formula is C11H18N2O. The molecule has 1 fully saturated rings. The Morgan fingerprint density at radius 2 is 2.21 bits per heavy atom. The lowest BCUT2D eigenvalue weighted by molar-refractivity contribution is 0.298. The number of nitrogen functional groups attached to an aromatic ring is 1. The van der Waals surface area contributed by atoms with Crippen molar-refractivity contribution in [2.24, 2.45) is 5.92 Å². The van der Waals surface area contributed by atoms with Gasteiger partial charge in [-0.1, -0.05) is 25.4 Å². The summed E-state index contributed by atoms with van der Waals surface area (Å²) in [5, 5.41) is 3.88. The lowest BCUT2D eigenvalue weighted by Gasteiger charge is -2.23. The Hall–Kier alpha value is -0.990. The molecule has 0 saturated heterocycles. The third-order valence-electron chi connectivity index (χ3n) is 2.94. The molecule has 78 valence electrons. The van der Waals surface area contributed by atoms with Crippen LogP contribution in [0.3, 0.4) is 0 Å². The van der Waals surface area contributed by atoms with Crippen molar-refractivity contribution in [3.8, 4) is 0 Å². The minimum atomic E-state index is 0.591. The fourth-order valence-electron chi connectivity index (χ4n) is 1.94. The minimum absolute atomic E-state index is 0.591. The molecule has 0 radical (unpaired) electrons. The molecule has 1 aliphatic rings. The van der Waals surface area contributed by atoms with Crippen LogP contribution in [0.5, 0.6) is 0 Å². The number of nitrogens with zero attached hydrogens (tertiary/aromatic N) is 1. The molecule has 1 saturated carbocycles. The predicted molar refractivity (Wildman–Crippen MR) is 56.0 cm³/mol. The van der Waals surface area contributed by atoms with E-state index in [4.69, 9.17) is 10.3 Å². The first kappa shape index (κ1) is 9.56. The summed E-state index contributed by atoms with van der Waals surface area (Å²) < 4.78 is 5.33. The van der Waals surface area contributed by atoms with Crippen LogP contribution in [0.1, 0.15) is 50.4 Å². The molecule has 0 unspecified atom stereocenters. The highest BCUT2D eigenvalue weighted by Gasteiger charge is 2.28. The summed E-state index contributed by atoms with van der Waals surface area (Å²) in [7, 11) is 0. The second kappa shape index (κ2) is 3.64. The van der Waals surface area contributed by atoms with E-state index < -0.39 is 0 Å². The van der Waals surface area contributed by atoms with Crippen molar-refractivity contribution >= 4 is 5.82 Å². The van der Waals surface area contributed by atoms with Crippen molar-refractivity contribution in [1.29, 1.82) is 0 Å². The molecule has 1 aliphatic carbocycles. The lowest BCUT2D eigenvalue weighted by Crippen LogP contribution is -2.11. The number of aromatic nitrogens is 1. The van der Waals surface area contributed by atoms with Crippen molar-refractivity contribution in [3.63, 3.8) is 0 Å². The van der Waals surface area contributed by atoms with E-state index >= 15 is 0 Å². The van der Waals surface area contributed by atoms with Gasteiger partial charge in [0.15, 0.2) is 5.82 Å². The van der Waals surface area contributed by atoms with Gasteiger partial charge in [0.05, 0.1) is 0 Å². The second-order valence-electron chi connectivity index (χ2n) is 4.64. The Kier molecular flexibility index (Phi) is 2.48. The maximum Gasteiger partial charge on any atom is 0.170 e. The van der Waals surface area contributed by atoms with Gasteiger partial charge in [0, 0.05) is 11.5 Å². The number of hydrogen-bond acceptors (Lipinski definition) is 3. The molecule has 3 nitrogen and oxygen atoms in total. The minimum Gasteiger partial charge on any atom is -0.381 e. The topological polar surface area (TPSA) is 52.0 Å². The second-order valence-corrected chi connectivity index (χ2v) is 4.64. The standard InChI is InChI=1S/C11H18N2O/c1-7(2)6-9-10(8-4-3-5-8)14-13-11(9)12/h7-8H,3-6H2,1-2H3,(H2,12,13). The summed E-state index contributed by atoms with van der Waals surface area (Å²) in [6, 6.07) is 0. The van der Waals surface area contributed by atoms with Crippen LogP contribution in [-0.4, -0.2) is 5.16 Å². The molecule has 1 aromatic heterocycles. The van der Waals surface area contributed by atoms with Gasteiger partial charge in [-0.3, -0.25) is 0 Å². The van der Waals surface area contributed by atoms with E-state index in [0.717, 1.165) is 17.7 Å². The zero-order chi connectivity index (χ0) is 10.1. The maximum atomic E-state index is 5.80. The van der Waals surface area contributed by atoms with Crippen LogP contribution >= 0.6 is 0 Å². The van der Waals surface area contributed by atoms with Crippen LogP contribution < -0.4 is 5.73 Å². The molecule has 0 amide bonds. The molecule has 3 heteroatoms. The molecule has 0 spiro atoms. The molecule has 1 heterocycles. The molecule has 0 bridgehead atoms. The van der Waals surface area contributed by atoms with Crippen molar-refractivity contribution in [2.45, 2.75) is 45.4 Å². The average molecular weight is 194 g/mol. The highest BCUT2D eigenvalue weighted by atomic mass is 16.5. The van der Waals surface area contributed by atoms with Gasteiger partial charge < -0.3 is 10.3 Å². The first-order chi connectivity index (χ1) is 6.68. The van der Waals surface area contributed by atoms with E-state index in [1.807, 2.05) is 0 Å². The van der Waals surface area contributed by atoms with Crippen LogP contribution in [0.25, 0.3) is 0 Å². The summed E-state index contributed by atoms with van der Waals surface area (Å²) in [4.78, 5) is 0. The molecule has 0 aliphatic heterocycles. The fourth-order valence-corrected chi connectivity index (χ4v) is 1.94. The molecule has 14 heavy (non-hydrogen) atoms. The maximum absolute atomic E-state index is 5.80. The third kappa shape index (κ3) is 1.63. The van der Waals surface area contributed by atoms with Gasteiger partial charge in [0.1, 0.15) is 5.76 Å². The van der Waals surface area contributed by atoms with Crippen molar-refractivity contribution in [2.75, 3.05) is 5.73 Å². The van der Waals surface area contributed by atoms with E-state index in [2.05, 4.69) is 19.0 Å². The lowest BCUT2D eigenvalue weighted by atomic mass is 9.81. The number of hydrogen-bond donors (Lipinski definition) is 1. The van der Waals surface area contributed by atoms with Crippen LogP contribution in [0, 0.1) is 5.92 Å². The first-order valence-electron chi connectivity index (χ1n) is 5.42. The number of rotatable bonds is 3. The Balaban J connectivity index is 2.21. The molecule has 2 N–H and O–H groups in total. The van der Waals surface area contributed by atoms with Crippen LogP contribution in [0.15, 0.2) is 4.52 Å². The summed E-state index contributed by atoms with van der Waals surface area (Å²) in [5.74, 6) is 2.85. The highest BCUT2D eigenvalue weighted by molar-refractivity contribution is 5.42. The Morgan fingerprint density at radius 3 is 2.71 bits per heavy atom. The average Bonchev–Trinajstić information content (AvgIpc) is 2.32. The molecule has 2 rings (SSSR count). The summed E-state index contributed by atoms with van der Waals surface area (Å²) in [6.45, 7) is 4.38. The van der Waals surface area contributed by atoms with Gasteiger partial charge in [-0.25, -0.2) is 0 Å². The normalized spacial score (nSPS) is 17.4. The van der Waals surface area contributed by atoms with Gasteiger partial charge in [-0.2, -0.15) is 0 Å². The monoisotopic (exact) mass is 194 g/mol. The van der Waals surface area contributed by atoms with Crippen molar-refractivity contribution < 1.29 is 4.52 Å². The molecular weight excluding hydrogens is 176 g/mol. The fraction of sp³-hybridized carbons (Fsp3) is 0.727. The van der Waals surface area contributed by atoms with E-state index in [1.165, 1.54) is 19.3 Å². The summed E-state index contributed by atoms with van der Waals surface area (Å²) >= 11 is 0. The first-order valence-corrected chi connectivity index (χ1v) is 5.42. The van der Waals surface area contributed by atoms with Crippen molar-refractivity contribution in [3.05, 3.63) is 11.3 Å². The third-order valence-corrected chi connectivity index (χ3v) is 2.94. The zero-order valence-corrected chi connectivity index (χ0v) is 8.92. The van der Waals surface area contributed by atoms with Gasteiger partial charge in [-0.05, 0) is 25.2 Å².